The summed E-state index contributed by atoms with van der Waals surface area (Å²) >= 11 is 0. The van der Waals surface area contributed by atoms with Crippen LogP contribution in [0.3, 0.4) is 0 Å². The van der Waals surface area contributed by atoms with Gasteiger partial charge in [0.05, 0.1) is 5.92 Å². The van der Waals surface area contributed by atoms with Gasteiger partial charge in [-0.3, -0.25) is 4.79 Å². The highest BCUT2D eigenvalue weighted by Gasteiger charge is 2.17. The molecule has 0 fully saturated rings. The first-order valence-electron chi connectivity index (χ1n) is 6.55. The van der Waals surface area contributed by atoms with Crippen LogP contribution in [-0.2, 0) is 11.3 Å². The maximum absolute atomic E-state index is 12.1. The Hall–Kier alpha value is -2.38. The van der Waals surface area contributed by atoms with E-state index in [4.69, 9.17) is 5.11 Å². The average molecular weight is 316 g/mol. The lowest BCUT2D eigenvalue weighted by Crippen LogP contribution is -2.40. The zero-order valence-electron chi connectivity index (χ0n) is 12.3. The van der Waals surface area contributed by atoms with Crippen LogP contribution >= 0.6 is 0 Å². The van der Waals surface area contributed by atoms with Gasteiger partial charge in [-0.25, -0.2) is 4.79 Å². The molecular formula is C14H18F2N2O4. The normalized spacial score (nSPS) is 11.9. The quantitative estimate of drug-likeness (QED) is 0.808. The molecule has 1 atom stereocenters. The highest BCUT2D eigenvalue weighted by Crippen LogP contribution is 2.15. The Morgan fingerprint density at radius 3 is 2.68 bits per heavy atom. The number of carboxylic acid groups (broad SMARTS) is 1. The average Bonchev–Trinajstić information content (AvgIpc) is 2.44. The second-order valence-electron chi connectivity index (χ2n) is 4.80. The minimum Gasteiger partial charge on any atom is -0.481 e. The number of carbonyl (C=O) groups is 2. The number of alkyl halides is 2. The molecular weight excluding hydrogens is 298 g/mol. The number of nitrogens with zero attached hydrogens (tertiary/aromatic N) is 1. The Morgan fingerprint density at radius 2 is 2.09 bits per heavy atom. The Bertz CT molecular complexity index is 525. The molecule has 122 valence electrons. The van der Waals surface area contributed by atoms with Gasteiger partial charge in [0, 0.05) is 20.1 Å². The fraction of sp³-hybridized carbons (Fsp3) is 0.429. The largest absolute Gasteiger partial charge is 0.481 e. The topological polar surface area (TPSA) is 78.9 Å². The number of rotatable bonds is 7. The van der Waals surface area contributed by atoms with E-state index in [1.165, 1.54) is 37.1 Å². The van der Waals surface area contributed by atoms with E-state index in [0.29, 0.717) is 5.56 Å². The smallest absolute Gasteiger partial charge is 0.387 e. The molecule has 2 amide bonds. The van der Waals surface area contributed by atoms with Crippen molar-refractivity contribution in [1.82, 2.24) is 10.2 Å². The fourth-order valence-electron chi connectivity index (χ4n) is 1.72. The monoisotopic (exact) mass is 316 g/mol. The van der Waals surface area contributed by atoms with E-state index in [2.05, 4.69) is 10.1 Å². The fourth-order valence-corrected chi connectivity index (χ4v) is 1.72. The lowest BCUT2D eigenvalue weighted by Gasteiger charge is -2.20. The number of carboxylic acids is 1. The van der Waals surface area contributed by atoms with Crippen molar-refractivity contribution in [3.63, 3.8) is 0 Å². The molecule has 0 bridgehead atoms. The van der Waals surface area contributed by atoms with Gasteiger partial charge in [0.2, 0.25) is 0 Å². The number of amides is 2. The van der Waals surface area contributed by atoms with E-state index in [9.17, 15) is 18.4 Å². The van der Waals surface area contributed by atoms with E-state index in [1.54, 1.807) is 6.07 Å². The molecule has 1 unspecified atom stereocenters. The van der Waals surface area contributed by atoms with Crippen LogP contribution in [-0.4, -0.2) is 42.2 Å². The van der Waals surface area contributed by atoms with Crippen molar-refractivity contribution in [2.24, 2.45) is 5.92 Å². The minimum absolute atomic E-state index is 0.00889. The predicted molar refractivity (Wildman–Crippen MR) is 74.7 cm³/mol. The van der Waals surface area contributed by atoms with Gasteiger partial charge in [0.1, 0.15) is 5.75 Å². The second kappa shape index (κ2) is 8.16. The zero-order valence-corrected chi connectivity index (χ0v) is 12.3. The number of ether oxygens (including phenoxy) is 1. The van der Waals surface area contributed by atoms with Crippen LogP contribution in [0.25, 0.3) is 0 Å². The molecule has 6 nitrogen and oxygen atoms in total. The van der Waals surface area contributed by atoms with E-state index < -0.39 is 24.5 Å². The van der Waals surface area contributed by atoms with Gasteiger partial charge in [-0.2, -0.15) is 8.78 Å². The van der Waals surface area contributed by atoms with E-state index in [-0.39, 0.29) is 18.8 Å². The molecule has 0 saturated carbocycles. The summed E-state index contributed by atoms with van der Waals surface area (Å²) in [5.74, 6) is -1.66. The van der Waals surface area contributed by atoms with Gasteiger partial charge in [-0.05, 0) is 17.7 Å². The summed E-state index contributed by atoms with van der Waals surface area (Å²) in [6.07, 6.45) is 0. The van der Waals surface area contributed by atoms with Gasteiger partial charge in [0.15, 0.2) is 0 Å². The highest BCUT2D eigenvalue weighted by atomic mass is 19.3. The molecule has 0 aliphatic carbocycles. The first-order chi connectivity index (χ1) is 10.3. The molecule has 0 aliphatic heterocycles. The number of halogens is 2. The van der Waals surface area contributed by atoms with E-state index >= 15 is 0 Å². The van der Waals surface area contributed by atoms with Crippen LogP contribution < -0.4 is 10.1 Å². The molecule has 2 N–H and O–H groups in total. The van der Waals surface area contributed by atoms with Crippen LogP contribution in [0, 0.1) is 5.92 Å². The van der Waals surface area contributed by atoms with E-state index in [0.717, 1.165) is 0 Å². The number of hydrogen-bond acceptors (Lipinski definition) is 3. The first-order valence-corrected chi connectivity index (χ1v) is 6.55. The molecule has 0 aromatic heterocycles. The molecule has 0 saturated heterocycles. The predicted octanol–water partition coefficient (Wildman–Crippen LogP) is 2.15. The minimum atomic E-state index is -2.91. The second-order valence-corrected chi connectivity index (χ2v) is 4.80. The maximum Gasteiger partial charge on any atom is 0.387 e. The van der Waals surface area contributed by atoms with Crippen LogP contribution in [0.15, 0.2) is 24.3 Å². The first kappa shape index (κ1) is 17.7. The van der Waals surface area contributed by atoms with Gasteiger partial charge in [-0.1, -0.05) is 19.1 Å². The molecule has 1 rings (SSSR count). The highest BCUT2D eigenvalue weighted by molar-refractivity contribution is 5.75. The Kier molecular flexibility index (Phi) is 6.55. The molecule has 1 aromatic carbocycles. The number of benzene rings is 1. The van der Waals surface area contributed by atoms with Crippen molar-refractivity contribution in [2.45, 2.75) is 20.1 Å². The maximum atomic E-state index is 12.1. The van der Waals surface area contributed by atoms with Crippen molar-refractivity contribution in [2.75, 3.05) is 13.6 Å². The Balaban J connectivity index is 2.51. The molecule has 0 heterocycles. The third kappa shape index (κ3) is 5.94. The van der Waals surface area contributed by atoms with Crippen LogP contribution in [0.5, 0.6) is 5.75 Å². The third-order valence-corrected chi connectivity index (χ3v) is 2.88. The standard InChI is InChI=1S/C14H18F2N2O4/c1-9(12(19)20)8-18(2)14(21)17-7-10-4-3-5-11(6-10)22-13(15)16/h3-6,9,13H,7-8H2,1-2H3,(H,17,21)(H,19,20). The van der Waals surface area contributed by atoms with Crippen LogP contribution in [0.1, 0.15) is 12.5 Å². The SMILES string of the molecule is CC(CN(C)C(=O)NCc1cccc(OC(F)F)c1)C(=O)O. The van der Waals surface area contributed by atoms with Gasteiger partial charge >= 0.3 is 18.6 Å². The lowest BCUT2D eigenvalue weighted by atomic mass is 10.2. The number of aliphatic carboxylic acids is 1. The van der Waals surface area contributed by atoms with Crippen molar-refractivity contribution in [3.8, 4) is 5.75 Å². The van der Waals surface area contributed by atoms with Crippen molar-refractivity contribution in [1.29, 1.82) is 0 Å². The number of carbonyl (C=O) groups excluding carboxylic acids is 1. The molecule has 8 heteroatoms. The van der Waals surface area contributed by atoms with Crippen LogP contribution in [0.2, 0.25) is 0 Å². The summed E-state index contributed by atoms with van der Waals surface area (Å²) in [4.78, 5) is 23.8. The summed E-state index contributed by atoms with van der Waals surface area (Å²) in [6.45, 7) is -1.23. The molecule has 0 radical (unpaired) electrons. The number of urea groups is 1. The number of nitrogens with one attached hydrogen (secondary N) is 1. The van der Waals surface area contributed by atoms with Crippen molar-refractivity contribution >= 4 is 12.0 Å². The summed E-state index contributed by atoms with van der Waals surface area (Å²) in [6, 6.07) is 5.52. The summed E-state index contributed by atoms with van der Waals surface area (Å²) < 4.78 is 28.5. The molecule has 22 heavy (non-hydrogen) atoms. The molecule has 0 aliphatic rings. The molecule has 0 spiro atoms. The number of hydrogen-bond donors (Lipinski definition) is 2. The van der Waals surface area contributed by atoms with E-state index in [1.807, 2.05) is 0 Å². The third-order valence-electron chi connectivity index (χ3n) is 2.88. The lowest BCUT2D eigenvalue weighted by molar-refractivity contribution is -0.141. The summed E-state index contributed by atoms with van der Waals surface area (Å²) in [7, 11) is 1.48. The Labute approximate surface area is 126 Å². The summed E-state index contributed by atoms with van der Waals surface area (Å²) in [5, 5.41) is 11.4. The van der Waals surface area contributed by atoms with Crippen LogP contribution in [0.4, 0.5) is 13.6 Å². The molecule has 1 aromatic rings. The zero-order chi connectivity index (χ0) is 16.7. The van der Waals surface area contributed by atoms with Gasteiger partial charge in [0.25, 0.3) is 0 Å². The summed E-state index contributed by atoms with van der Waals surface area (Å²) in [5.41, 5.74) is 0.589. The van der Waals surface area contributed by atoms with Gasteiger partial charge in [-0.15, -0.1) is 0 Å². The van der Waals surface area contributed by atoms with Crippen molar-refractivity contribution in [3.05, 3.63) is 29.8 Å². The Morgan fingerprint density at radius 1 is 1.41 bits per heavy atom. The van der Waals surface area contributed by atoms with Crippen molar-refractivity contribution < 1.29 is 28.2 Å². The van der Waals surface area contributed by atoms with Gasteiger partial charge < -0.3 is 20.1 Å².